The largest absolute Gasteiger partial charge is 0.328 e. The number of nitrogens with zero attached hydrogens (tertiary/aromatic N) is 2. The highest BCUT2D eigenvalue weighted by atomic mass is 35.5. The molecule has 0 saturated heterocycles. The Morgan fingerprint density at radius 3 is 1.33 bits per heavy atom. The monoisotopic (exact) mass is 235 g/mol. The zero-order valence-corrected chi connectivity index (χ0v) is 12.0. The summed E-state index contributed by atoms with van der Waals surface area (Å²) < 4.78 is 0.976. The molecular weight excluding hydrogens is 208 g/mol. The van der Waals surface area contributed by atoms with Crippen molar-refractivity contribution < 1.29 is 4.48 Å². The Balaban J connectivity index is -0.000000155. The van der Waals surface area contributed by atoms with Crippen LogP contribution in [0.1, 0.15) is 0 Å². The molecule has 0 unspecified atom stereocenters. The van der Waals surface area contributed by atoms with Gasteiger partial charge in [-0.25, -0.2) is 0 Å². The predicted molar refractivity (Wildman–Crippen MR) is 73.6 cm³/mol. The Bertz CT molecular complexity index is 134. The van der Waals surface area contributed by atoms with Gasteiger partial charge >= 0.3 is 0 Å². The van der Waals surface area contributed by atoms with E-state index in [0.29, 0.717) is 5.88 Å². The van der Waals surface area contributed by atoms with Gasteiger partial charge in [-0.1, -0.05) is 12.7 Å². The molecule has 0 aromatic carbocycles. The summed E-state index contributed by atoms with van der Waals surface area (Å²) in [6.45, 7) is 8.02. The summed E-state index contributed by atoms with van der Waals surface area (Å²) in [4.78, 5) is 2.00. The van der Waals surface area contributed by atoms with Crippen molar-refractivity contribution >= 4 is 11.6 Å². The molecular formula is C12H28ClN2+. The number of hydrogen-bond donors (Lipinski definition) is 0. The molecule has 0 heterocycles. The summed E-state index contributed by atoms with van der Waals surface area (Å²) in [5.41, 5.74) is 0. The van der Waals surface area contributed by atoms with Crippen molar-refractivity contribution in [2.24, 2.45) is 0 Å². The topological polar surface area (TPSA) is 3.24 Å². The molecule has 0 aromatic heterocycles. The molecule has 0 rings (SSSR count). The first-order valence-corrected chi connectivity index (χ1v) is 5.43. The molecule has 0 radical (unpaired) electrons. The fraction of sp³-hybridized carbons (Fsp3) is 0.667. The summed E-state index contributed by atoms with van der Waals surface area (Å²) in [6.07, 6.45) is 3.57. The van der Waals surface area contributed by atoms with Gasteiger partial charge in [0.2, 0.25) is 0 Å². The molecule has 0 aliphatic rings. The van der Waals surface area contributed by atoms with E-state index < -0.39 is 0 Å². The van der Waals surface area contributed by atoms with Gasteiger partial charge in [0.05, 0.1) is 27.7 Å². The van der Waals surface area contributed by atoms with Crippen LogP contribution in [-0.4, -0.2) is 64.1 Å². The summed E-state index contributed by atoms with van der Waals surface area (Å²) >= 11 is 5.07. The molecule has 0 N–H and O–H groups in total. The number of likely N-dealkylation sites (N-methyl/N-ethyl adjacent to an activating group) is 1. The lowest BCUT2D eigenvalue weighted by Crippen LogP contribution is -2.33. The minimum absolute atomic E-state index is 0.556. The second-order valence-corrected chi connectivity index (χ2v) is 4.85. The molecule has 92 valence electrons. The van der Waals surface area contributed by atoms with Crippen LogP contribution in [0.5, 0.6) is 0 Å². The maximum absolute atomic E-state index is 5.07. The van der Waals surface area contributed by atoms with Gasteiger partial charge in [0.25, 0.3) is 0 Å². The van der Waals surface area contributed by atoms with Crippen LogP contribution in [-0.2, 0) is 0 Å². The van der Waals surface area contributed by atoms with E-state index in [1.165, 1.54) is 0 Å². The van der Waals surface area contributed by atoms with E-state index in [4.69, 9.17) is 11.6 Å². The maximum atomic E-state index is 5.07. The fourth-order valence-corrected chi connectivity index (χ4v) is 0.387. The van der Waals surface area contributed by atoms with Crippen LogP contribution in [0.15, 0.2) is 25.3 Å². The molecule has 0 atom stereocenters. The van der Waals surface area contributed by atoms with Gasteiger partial charge in [0.15, 0.2) is 0 Å². The van der Waals surface area contributed by atoms with Crippen LogP contribution < -0.4 is 0 Å². The first-order valence-electron chi connectivity index (χ1n) is 4.90. The smallest absolute Gasteiger partial charge is 0.0964 e. The Labute approximate surface area is 101 Å². The third kappa shape index (κ3) is 85.1. The van der Waals surface area contributed by atoms with E-state index >= 15 is 0 Å². The lowest BCUT2D eigenvalue weighted by Gasteiger charge is -2.21. The maximum Gasteiger partial charge on any atom is 0.0964 e. The van der Waals surface area contributed by atoms with Gasteiger partial charge in [0, 0.05) is 5.88 Å². The van der Waals surface area contributed by atoms with Crippen molar-refractivity contribution in [1.29, 1.82) is 0 Å². The number of alkyl halides is 1. The minimum atomic E-state index is 0.556. The van der Waals surface area contributed by atoms with Crippen molar-refractivity contribution in [3.8, 4) is 0 Å². The third-order valence-corrected chi connectivity index (χ3v) is 1.00. The summed E-state index contributed by atoms with van der Waals surface area (Å²) in [6, 6.07) is 0. The van der Waals surface area contributed by atoms with Gasteiger partial charge in [0.1, 0.15) is 0 Å². The molecule has 0 aliphatic heterocycles. The molecule has 0 aliphatic carbocycles. The molecule has 0 saturated carbocycles. The minimum Gasteiger partial charge on any atom is -0.328 e. The van der Waals surface area contributed by atoms with E-state index in [1.807, 2.05) is 32.1 Å². The highest BCUT2D eigenvalue weighted by molar-refractivity contribution is 6.18. The van der Waals surface area contributed by atoms with Gasteiger partial charge in [-0.3, -0.25) is 0 Å². The van der Waals surface area contributed by atoms with Crippen LogP contribution in [0.4, 0.5) is 0 Å². The average molecular weight is 236 g/mol. The highest BCUT2D eigenvalue weighted by Gasteiger charge is 1.99. The second kappa shape index (κ2) is 13.7. The number of hydrogen-bond acceptors (Lipinski definition) is 1. The normalized spacial score (nSPS) is 9.33. The highest BCUT2D eigenvalue weighted by Crippen LogP contribution is 1.86. The van der Waals surface area contributed by atoms with Gasteiger partial charge in [-0.15, -0.1) is 18.2 Å². The quantitative estimate of drug-likeness (QED) is 0.413. The summed E-state index contributed by atoms with van der Waals surface area (Å²) in [5, 5.41) is 0. The average Bonchev–Trinajstić information content (AvgIpc) is 2.01. The number of quaternary nitrogens is 1. The molecule has 0 amide bonds. The van der Waals surface area contributed by atoms with Crippen molar-refractivity contribution in [1.82, 2.24) is 4.90 Å². The number of halogens is 1. The standard InChI is InChI=1S/C6H14N.C3H5Cl.C3H9N/c1-5-6-7(2,3)4;1-2-3-4;1-4(2)3/h5H,1,6H2,2-4H3;2H,1,3H2;1-3H3/q+1;;. The van der Waals surface area contributed by atoms with E-state index in [-0.39, 0.29) is 0 Å². The Morgan fingerprint density at radius 2 is 1.33 bits per heavy atom. The first kappa shape index (κ1) is 20.1. The zero-order valence-electron chi connectivity index (χ0n) is 11.3. The van der Waals surface area contributed by atoms with Crippen molar-refractivity contribution in [2.45, 2.75) is 0 Å². The van der Waals surface area contributed by atoms with E-state index in [0.717, 1.165) is 11.0 Å². The lowest BCUT2D eigenvalue weighted by atomic mass is 10.5. The summed E-state index contributed by atoms with van der Waals surface area (Å²) in [7, 11) is 12.4. The van der Waals surface area contributed by atoms with E-state index in [2.05, 4.69) is 34.3 Å². The van der Waals surface area contributed by atoms with Crippen molar-refractivity contribution in [3.05, 3.63) is 25.3 Å². The molecule has 0 spiro atoms. The van der Waals surface area contributed by atoms with E-state index in [1.54, 1.807) is 6.08 Å². The SMILES string of the molecule is C=CCCl.C=CC[N+](C)(C)C.CN(C)C. The fourth-order valence-electron chi connectivity index (χ4n) is 0.387. The van der Waals surface area contributed by atoms with Crippen LogP contribution in [0.2, 0.25) is 0 Å². The molecule has 0 aromatic rings. The Kier molecular flexibility index (Phi) is 18.4. The lowest BCUT2D eigenvalue weighted by molar-refractivity contribution is -0.864. The van der Waals surface area contributed by atoms with Gasteiger partial charge in [-0.05, 0) is 27.2 Å². The van der Waals surface area contributed by atoms with Crippen LogP contribution in [0.25, 0.3) is 0 Å². The van der Waals surface area contributed by atoms with Crippen LogP contribution in [0.3, 0.4) is 0 Å². The zero-order chi connectivity index (χ0) is 12.9. The van der Waals surface area contributed by atoms with Crippen LogP contribution >= 0.6 is 11.6 Å². The van der Waals surface area contributed by atoms with Gasteiger partial charge in [-0.2, -0.15) is 0 Å². The van der Waals surface area contributed by atoms with Gasteiger partial charge < -0.3 is 9.38 Å². The molecule has 3 heteroatoms. The van der Waals surface area contributed by atoms with E-state index in [9.17, 15) is 0 Å². The molecule has 0 bridgehead atoms. The van der Waals surface area contributed by atoms with Crippen LogP contribution in [0, 0.1) is 0 Å². The van der Waals surface area contributed by atoms with Crippen molar-refractivity contribution in [3.63, 3.8) is 0 Å². The number of allylic oxidation sites excluding steroid dienone is 1. The molecule has 2 nitrogen and oxygen atoms in total. The third-order valence-electron chi connectivity index (χ3n) is 0.786. The molecule has 0 fully saturated rings. The van der Waals surface area contributed by atoms with Crippen molar-refractivity contribution in [2.75, 3.05) is 54.7 Å². The number of rotatable bonds is 3. The first-order chi connectivity index (χ1) is 6.71. The Morgan fingerprint density at radius 1 is 1.07 bits per heavy atom. The predicted octanol–water partition coefficient (Wildman–Crippen LogP) is 2.47. The summed E-state index contributed by atoms with van der Waals surface area (Å²) in [5.74, 6) is 0.556. The Hall–Kier alpha value is -0.310. The second-order valence-electron chi connectivity index (χ2n) is 4.55. The molecule has 15 heavy (non-hydrogen) atoms.